The predicted molar refractivity (Wildman–Crippen MR) is 85.7 cm³/mol. The summed E-state index contributed by atoms with van der Waals surface area (Å²) in [6.07, 6.45) is -0.348. The molecule has 4 nitrogen and oxygen atoms in total. The molecular formula is C17H17F2NO3S. The first-order chi connectivity index (χ1) is 11.4. The first-order valence-electron chi connectivity index (χ1n) is 7.53. The first kappa shape index (κ1) is 17.0. The van der Waals surface area contributed by atoms with E-state index in [0.717, 1.165) is 23.8 Å². The van der Waals surface area contributed by atoms with Crippen molar-refractivity contribution in [1.29, 1.82) is 0 Å². The third kappa shape index (κ3) is 3.98. The fourth-order valence-corrected chi connectivity index (χ4v) is 4.23. The van der Waals surface area contributed by atoms with E-state index < -0.39 is 27.4 Å². The van der Waals surface area contributed by atoms with Crippen molar-refractivity contribution in [2.24, 2.45) is 0 Å². The van der Waals surface area contributed by atoms with Crippen LogP contribution in [-0.4, -0.2) is 32.4 Å². The van der Waals surface area contributed by atoms with Gasteiger partial charge in [-0.25, -0.2) is 17.2 Å². The summed E-state index contributed by atoms with van der Waals surface area (Å²) in [5.74, 6) is -2.02. The number of morpholine rings is 1. The summed E-state index contributed by atoms with van der Waals surface area (Å²) in [5, 5.41) is 0. The number of hydrogen-bond acceptors (Lipinski definition) is 3. The molecule has 2 aromatic carbocycles. The molecule has 1 saturated heterocycles. The van der Waals surface area contributed by atoms with Gasteiger partial charge in [-0.1, -0.05) is 30.3 Å². The monoisotopic (exact) mass is 353 g/mol. The van der Waals surface area contributed by atoms with Gasteiger partial charge in [0, 0.05) is 19.2 Å². The van der Waals surface area contributed by atoms with Gasteiger partial charge in [-0.3, -0.25) is 0 Å². The number of hydrogen-bond donors (Lipinski definition) is 0. The average molecular weight is 353 g/mol. The lowest BCUT2D eigenvalue weighted by atomic mass is 10.1. The Kier molecular flexibility index (Phi) is 4.93. The van der Waals surface area contributed by atoms with E-state index in [1.165, 1.54) is 4.31 Å². The molecule has 1 heterocycles. The van der Waals surface area contributed by atoms with Crippen molar-refractivity contribution in [3.8, 4) is 0 Å². The number of benzene rings is 2. The van der Waals surface area contributed by atoms with E-state index in [9.17, 15) is 17.2 Å². The molecule has 0 N–H and O–H groups in total. The highest BCUT2D eigenvalue weighted by Gasteiger charge is 2.30. The van der Waals surface area contributed by atoms with Gasteiger partial charge in [0.25, 0.3) is 0 Å². The van der Waals surface area contributed by atoms with Gasteiger partial charge in [-0.15, -0.1) is 0 Å². The second kappa shape index (κ2) is 6.96. The zero-order chi connectivity index (χ0) is 17.2. The molecule has 0 aliphatic carbocycles. The van der Waals surface area contributed by atoms with Crippen molar-refractivity contribution in [2.75, 3.05) is 19.7 Å². The van der Waals surface area contributed by atoms with Gasteiger partial charge in [-0.2, -0.15) is 4.31 Å². The molecular weight excluding hydrogens is 336 g/mol. The first-order valence-corrected chi connectivity index (χ1v) is 9.14. The minimum Gasteiger partial charge on any atom is -0.371 e. The van der Waals surface area contributed by atoms with Crippen LogP contribution in [0.25, 0.3) is 0 Å². The number of sulfonamides is 1. The van der Waals surface area contributed by atoms with Crippen LogP contribution in [-0.2, 0) is 20.5 Å². The third-order valence-electron chi connectivity index (χ3n) is 3.87. The zero-order valence-corrected chi connectivity index (χ0v) is 13.7. The van der Waals surface area contributed by atoms with Gasteiger partial charge >= 0.3 is 0 Å². The van der Waals surface area contributed by atoms with Crippen LogP contribution in [0.4, 0.5) is 8.78 Å². The topological polar surface area (TPSA) is 46.6 Å². The molecule has 0 amide bonds. The summed E-state index contributed by atoms with van der Waals surface area (Å²) in [5.41, 5.74) is 0.990. The molecule has 128 valence electrons. The highest BCUT2D eigenvalue weighted by atomic mass is 32.2. The van der Waals surface area contributed by atoms with E-state index in [1.54, 1.807) is 0 Å². The zero-order valence-electron chi connectivity index (χ0n) is 12.9. The van der Waals surface area contributed by atoms with Crippen molar-refractivity contribution in [1.82, 2.24) is 4.31 Å². The molecule has 3 rings (SSSR count). The summed E-state index contributed by atoms with van der Waals surface area (Å²) < 4.78 is 58.6. The van der Waals surface area contributed by atoms with Crippen molar-refractivity contribution >= 4 is 10.0 Å². The van der Waals surface area contributed by atoms with Gasteiger partial charge in [0.05, 0.1) is 18.5 Å². The Morgan fingerprint density at radius 3 is 2.42 bits per heavy atom. The Morgan fingerprint density at radius 1 is 1.08 bits per heavy atom. The molecule has 0 bridgehead atoms. The van der Waals surface area contributed by atoms with Gasteiger partial charge in [0.2, 0.25) is 10.0 Å². The van der Waals surface area contributed by atoms with Crippen LogP contribution in [0.3, 0.4) is 0 Å². The van der Waals surface area contributed by atoms with Crippen molar-refractivity contribution in [2.45, 2.75) is 11.9 Å². The van der Waals surface area contributed by atoms with Crippen LogP contribution in [0.1, 0.15) is 17.2 Å². The van der Waals surface area contributed by atoms with E-state index in [2.05, 4.69) is 0 Å². The predicted octanol–water partition coefficient (Wildman–Crippen LogP) is 2.87. The second-order valence-corrected chi connectivity index (χ2v) is 7.63. The number of nitrogens with zero attached hydrogens (tertiary/aromatic N) is 1. The Hall–Kier alpha value is -1.83. The van der Waals surface area contributed by atoms with Crippen LogP contribution in [0.2, 0.25) is 0 Å². The lowest BCUT2D eigenvalue weighted by Gasteiger charge is -2.32. The Labute approximate surface area is 139 Å². The molecule has 7 heteroatoms. The Morgan fingerprint density at radius 2 is 1.75 bits per heavy atom. The number of rotatable bonds is 4. The maximum atomic E-state index is 13.3. The fraction of sp³-hybridized carbons (Fsp3) is 0.294. The minimum absolute atomic E-state index is 0.0928. The molecule has 1 atom stereocenters. The normalized spacial score (nSPS) is 19.3. The van der Waals surface area contributed by atoms with Crippen LogP contribution in [0.15, 0.2) is 48.5 Å². The summed E-state index contributed by atoms with van der Waals surface area (Å²) in [7, 11) is -3.69. The minimum atomic E-state index is -3.69. The second-order valence-electron chi connectivity index (χ2n) is 5.66. The van der Waals surface area contributed by atoms with Crippen LogP contribution in [0.5, 0.6) is 0 Å². The standard InChI is InChI=1S/C17H17F2NO3S/c18-15-8-13(9-16(19)10-15)12-24(21,22)20-6-7-23-17(11-20)14-4-2-1-3-5-14/h1-5,8-10,17H,6-7,11-12H2. The lowest BCUT2D eigenvalue weighted by Crippen LogP contribution is -2.42. The molecule has 2 aromatic rings. The molecule has 0 spiro atoms. The highest BCUT2D eigenvalue weighted by Crippen LogP contribution is 2.25. The fourth-order valence-electron chi connectivity index (χ4n) is 2.74. The summed E-state index contributed by atoms with van der Waals surface area (Å²) in [4.78, 5) is 0. The van der Waals surface area contributed by atoms with Crippen LogP contribution >= 0.6 is 0 Å². The van der Waals surface area contributed by atoms with Gasteiger partial charge in [0.1, 0.15) is 11.6 Å². The third-order valence-corrected chi connectivity index (χ3v) is 5.68. The molecule has 1 fully saturated rings. The van der Waals surface area contributed by atoms with Gasteiger partial charge < -0.3 is 4.74 Å². The molecule has 1 aliphatic rings. The Balaban J connectivity index is 1.76. The largest absolute Gasteiger partial charge is 0.371 e. The van der Waals surface area contributed by atoms with E-state index in [-0.39, 0.29) is 31.4 Å². The molecule has 1 unspecified atom stereocenters. The molecule has 24 heavy (non-hydrogen) atoms. The summed E-state index contributed by atoms with van der Waals surface area (Å²) in [6.45, 7) is 0.684. The highest BCUT2D eigenvalue weighted by molar-refractivity contribution is 7.88. The van der Waals surface area contributed by atoms with Crippen LogP contribution < -0.4 is 0 Å². The van der Waals surface area contributed by atoms with Gasteiger partial charge in [0.15, 0.2) is 0 Å². The van der Waals surface area contributed by atoms with E-state index in [0.29, 0.717) is 0 Å². The maximum Gasteiger partial charge on any atom is 0.218 e. The molecule has 1 aliphatic heterocycles. The van der Waals surface area contributed by atoms with E-state index >= 15 is 0 Å². The lowest BCUT2D eigenvalue weighted by molar-refractivity contribution is -0.00260. The number of ether oxygens (including phenoxy) is 1. The van der Waals surface area contributed by atoms with E-state index in [4.69, 9.17) is 4.74 Å². The van der Waals surface area contributed by atoms with Gasteiger partial charge in [-0.05, 0) is 23.3 Å². The molecule has 0 radical (unpaired) electrons. The van der Waals surface area contributed by atoms with Crippen molar-refractivity contribution in [3.05, 3.63) is 71.3 Å². The van der Waals surface area contributed by atoms with Crippen molar-refractivity contribution in [3.63, 3.8) is 0 Å². The average Bonchev–Trinajstić information content (AvgIpc) is 2.54. The SMILES string of the molecule is O=S(=O)(Cc1cc(F)cc(F)c1)N1CCOC(c2ccccc2)C1. The molecule has 0 aromatic heterocycles. The Bertz CT molecular complexity index is 792. The number of halogens is 2. The summed E-state index contributed by atoms with van der Waals surface area (Å²) in [6, 6.07) is 12.1. The van der Waals surface area contributed by atoms with E-state index in [1.807, 2.05) is 30.3 Å². The smallest absolute Gasteiger partial charge is 0.218 e. The quantitative estimate of drug-likeness (QED) is 0.849. The maximum absolute atomic E-state index is 13.3. The summed E-state index contributed by atoms with van der Waals surface area (Å²) >= 11 is 0. The molecule has 0 saturated carbocycles. The van der Waals surface area contributed by atoms with Crippen molar-refractivity contribution < 1.29 is 21.9 Å². The van der Waals surface area contributed by atoms with Crippen LogP contribution in [0, 0.1) is 11.6 Å².